The first-order valence-electron chi connectivity index (χ1n) is 10.2. The van der Waals surface area contributed by atoms with Gasteiger partial charge in [0.2, 0.25) is 0 Å². The molecule has 10 heteroatoms. The van der Waals surface area contributed by atoms with Crippen molar-refractivity contribution in [3.8, 4) is 0 Å². The Bertz CT molecular complexity index is 1130. The van der Waals surface area contributed by atoms with Gasteiger partial charge in [-0.1, -0.05) is 30.3 Å². The lowest BCUT2D eigenvalue weighted by atomic mass is 10.1. The van der Waals surface area contributed by atoms with Crippen LogP contribution in [0.4, 0.5) is 13.2 Å². The van der Waals surface area contributed by atoms with Gasteiger partial charge in [0.25, 0.3) is 5.91 Å². The Kier molecular flexibility index (Phi) is 8.06. The Balaban J connectivity index is 1.63. The molecule has 3 aromatic rings. The summed E-state index contributed by atoms with van der Waals surface area (Å²) >= 11 is 1.61. The Labute approximate surface area is 197 Å². The van der Waals surface area contributed by atoms with E-state index in [0.29, 0.717) is 23.2 Å². The van der Waals surface area contributed by atoms with E-state index in [4.69, 9.17) is 5.11 Å². The highest BCUT2D eigenvalue weighted by Crippen LogP contribution is 2.29. The van der Waals surface area contributed by atoms with E-state index in [1.165, 1.54) is 12.1 Å². The number of carboxylic acid groups (broad SMARTS) is 1. The van der Waals surface area contributed by atoms with Crippen molar-refractivity contribution < 1.29 is 32.7 Å². The number of carboxylic acids is 1. The van der Waals surface area contributed by atoms with Crippen molar-refractivity contribution in [1.29, 1.82) is 0 Å². The number of thiophene rings is 1. The number of carbonyl (C=O) groups is 3. The average molecular weight is 491 g/mol. The van der Waals surface area contributed by atoms with Crippen molar-refractivity contribution in [1.82, 2.24) is 10.2 Å². The predicted molar refractivity (Wildman–Crippen MR) is 120 cm³/mol. The lowest BCUT2D eigenvalue weighted by Gasteiger charge is -2.21. The van der Waals surface area contributed by atoms with Gasteiger partial charge in [0, 0.05) is 30.1 Å². The van der Waals surface area contributed by atoms with Crippen LogP contribution in [0.2, 0.25) is 0 Å². The molecule has 0 fully saturated rings. The molecular formula is C24H21F3N2O4S. The molecule has 0 saturated heterocycles. The second-order valence-electron chi connectivity index (χ2n) is 7.44. The predicted octanol–water partition coefficient (Wildman–Crippen LogP) is 4.35. The summed E-state index contributed by atoms with van der Waals surface area (Å²) in [6.45, 7) is 0.204. The summed E-state index contributed by atoms with van der Waals surface area (Å²) in [5.41, 5.74) is 0.492. The maximum absolute atomic E-state index is 12.8. The van der Waals surface area contributed by atoms with Crippen LogP contribution in [0.25, 0.3) is 0 Å². The van der Waals surface area contributed by atoms with Crippen LogP contribution in [0.15, 0.2) is 66.0 Å². The average Bonchev–Trinajstić information content (AvgIpc) is 3.32. The molecule has 34 heavy (non-hydrogen) atoms. The van der Waals surface area contributed by atoms with E-state index in [9.17, 15) is 27.6 Å². The van der Waals surface area contributed by atoms with Gasteiger partial charge in [0.05, 0.1) is 5.56 Å². The van der Waals surface area contributed by atoms with Crippen LogP contribution in [0.5, 0.6) is 0 Å². The fourth-order valence-corrected chi connectivity index (χ4v) is 3.90. The van der Waals surface area contributed by atoms with Crippen molar-refractivity contribution in [3.63, 3.8) is 0 Å². The maximum atomic E-state index is 12.8. The molecule has 2 amide bonds. The van der Waals surface area contributed by atoms with Gasteiger partial charge in [-0.25, -0.2) is 4.79 Å². The topological polar surface area (TPSA) is 86.7 Å². The number of hydrogen-bond donors (Lipinski definition) is 2. The van der Waals surface area contributed by atoms with E-state index in [2.05, 4.69) is 5.32 Å². The largest absolute Gasteiger partial charge is 0.474 e. The van der Waals surface area contributed by atoms with Gasteiger partial charge in [-0.2, -0.15) is 13.2 Å². The van der Waals surface area contributed by atoms with Crippen molar-refractivity contribution in [2.75, 3.05) is 6.54 Å². The van der Waals surface area contributed by atoms with Crippen LogP contribution in [0.3, 0.4) is 0 Å². The number of nitrogens with one attached hydrogen (secondary N) is 1. The molecule has 178 valence electrons. The monoisotopic (exact) mass is 490 g/mol. The van der Waals surface area contributed by atoms with Crippen LogP contribution in [0, 0.1) is 0 Å². The fourth-order valence-electron chi connectivity index (χ4n) is 3.19. The Morgan fingerprint density at radius 1 is 0.912 bits per heavy atom. The molecule has 0 bridgehead atoms. The van der Waals surface area contributed by atoms with Crippen molar-refractivity contribution in [2.45, 2.75) is 25.7 Å². The van der Waals surface area contributed by atoms with Crippen LogP contribution in [-0.4, -0.2) is 34.3 Å². The summed E-state index contributed by atoms with van der Waals surface area (Å²) in [6, 6.07) is 14.4. The summed E-state index contributed by atoms with van der Waals surface area (Å²) in [5, 5.41) is 13.9. The van der Waals surface area contributed by atoms with Gasteiger partial charge in [-0.3, -0.25) is 9.59 Å². The quantitative estimate of drug-likeness (QED) is 0.460. The zero-order valence-corrected chi connectivity index (χ0v) is 18.7. The number of nitrogens with zero attached hydrogens (tertiary/aromatic N) is 1. The normalized spacial score (nSPS) is 11.1. The molecule has 1 aromatic heterocycles. The number of aliphatic carboxylic acids is 1. The molecular weight excluding hydrogens is 469 g/mol. The molecule has 3 rings (SSSR count). The number of hydrogen-bond acceptors (Lipinski definition) is 4. The highest BCUT2D eigenvalue weighted by Gasteiger charge is 2.30. The highest BCUT2D eigenvalue weighted by molar-refractivity contribution is 7.09. The van der Waals surface area contributed by atoms with Gasteiger partial charge >= 0.3 is 18.1 Å². The number of alkyl halides is 3. The van der Waals surface area contributed by atoms with Crippen LogP contribution >= 0.6 is 11.3 Å². The van der Waals surface area contributed by atoms with Crippen molar-refractivity contribution >= 4 is 29.1 Å². The number of rotatable bonds is 8. The SMILES string of the molecule is O=C(O)C(=O)N(Cc1ccc(C(=O)NCCc2cccs2)cc1)Cc1ccc(C(F)(F)F)cc1. The molecule has 0 unspecified atom stereocenters. The van der Waals surface area contributed by atoms with Gasteiger partial charge in [0.1, 0.15) is 0 Å². The van der Waals surface area contributed by atoms with Crippen LogP contribution in [0.1, 0.15) is 31.9 Å². The molecule has 0 aliphatic carbocycles. The number of benzene rings is 2. The van der Waals surface area contributed by atoms with E-state index in [1.807, 2.05) is 17.5 Å². The van der Waals surface area contributed by atoms with Gasteiger partial charge < -0.3 is 15.3 Å². The second kappa shape index (κ2) is 11.0. The third-order valence-corrected chi connectivity index (χ3v) is 5.89. The molecule has 0 atom stereocenters. The van der Waals surface area contributed by atoms with Crippen molar-refractivity contribution in [3.05, 3.63) is 93.2 Å². The number of amides is 2. The van der Waals surface area contributed by atoms with Crippen LogP contribution < -0.4 is 5.32 Å². The molecule has 1 heterocycles. The van der Waals surface area contributed by atoms with E-state index in [-0.39, 0.29) is 19.0 Å². The fraction of sp³-hybridized carbons (Fsp3) is 0.208. The lowest BCUT2D eigenvalue weighted by molar-refractivity contribution is -0.156. The third-order valence-electron chi connectivity index (χ3n) is 4.95. The minimum atomic E-state index is -4.49. The second-order valence-corrected chi connectivity index (χ2v) is 8.48. The zero-order valence-electron chi connectivity index (χ0n) is 17.8. The minimum absolute atomic E-state index is 0.0908. The van der Waals surface area contributed by atoms with E-state index >= 15 is 0 Å². The Morgan fingerprint density at radius 3 is 2.00 bits per heavy atom. The molecule has 0 spiro atoms. The van der Waals surface area contributed by atoms with Gasteiger partial charge in [-0.15, -0.1) is 11.3 Å². The van der Waals surface area contributed by atoms with Crippen molar-refractivity contribution in [2.24, 2.45) is 0 Å². The number of halogens is 3. The maximum Gasteiger partial charge on any atom is 0.416 e. The summed E-state index contributed by atoms with van der Waals surface area (Å²) in [6.07, 6.45) is -3.77. The van der Waals surface area contributed by atoms with E-state index in [0.717, 1.165) is 28.3 Å². The van der Waals surface area contributed by atoms with Gasteiger partial charge in [0.15, 0.2) is 0 Å². The first kappa shape index (κ1) is 25.0. The molecule has 6 nitrogen and oxygen atoms in total. The minimum Gasteiger partial charge on any atom is -0.474 e. The third kappa shape index (κ3) is 6.92. The standard InChI is InChI=1S/C24H21F3N2O4S/c25-24(26,27)19-9-5-17(6-10-19)15-29(22(31)23(32)33)14-16-3-7-18(8-4-16)21(30)28-12-11-20-2-1-13-34-20/h1-10,13H,11-12,14-15H2,(H,28,30)(H,32,33). The summed E-state index contributed by atoms with van der Waals surface area (Å²) in [4.78, 5) is 37.9. The molecule has 0 aliphatic rings. The first-order valence-corrected chi connectivity index (χ1v) is 11.1. The van der Waals surface area contributed by atoms with E-state index in [1.54, 1.807) is 35.6 Å². The Hall–Kier alpha value is -3.66. The molecule has 0 radical (unpaired) electrons. The molecule has 0 aliphatic heterocycles. The van der Waals surface area contributed by atoms with E-state index < -0.39 is 23.6 Å². The first-order chi connectivity index (χ1) is 16.1. The number of carbonyl (C=O) groups excluding carboxylic acids is 2. The van der Waals surface area contributed by atoms with Gasteiger partial charge in [-0.05, 0) is 53.3 Å². The summed E-state index contributed by atoms with van der Waals surface area (Å²) in [5.74, 6) is -3.12. The lowest BCUT2D eigenvalue weighted by Crippen LogP contribution is -2.35. The zero-order chi connectivity index (χ0) is 24.7. The molecule has 0 saturated carbocycles. The molecule has 2 aromatic carbocycles. The summed E-state index contributed by atoms with van der Waals surface area (Å²) < 4.78 is 38.3. The Morgan fingerprint density at radius 2 is 1.50 bits per heavy atom. The smallest absolute Gasteiger partial charge is 0.416 e. The highest BCUT2D eigenvalue weighted by atomic mass is 32.1. The molecule has 2 N–H and O–H groups in total. The van der Waals surface area contributed by atoms with Crippen LogP contribution in [-0.2, 0) is 35.3 Å². The summed E-state index contributed by atoms with van der Waals surface area (Å²) in [7, 11) is 0.